The summed E-state index contributed by atoms with van der Waals surface area (Å²) in [4.78, 5) is 41.5. The molecule has 0 unspecified atom stereocenters. The third-order valence-electron chi connectivity index (χ3n) is 4.56. The first-order chi connectivity index (χ1) is 12.5. The van der Waals surface area contributed by atoms with Crippen LogP contribution in [0.25, 0.3) is 10.2 Å². The molecule has 26 heavy (non-hydrogen) atoms. The van der Waals surface area contributed by atoms with Crippen LogP contribution >= 0.6 is 11.3 Å². The summed E-state index contributed by atoms with van der Waals surface area (Å²) in [5, 5.41) is 13.7. The summed E-state index contributed by atoms with van der Waals surface area (Å²) >= 11 is 1.11. The van der Waals surface area contributed by atoms with Gasteiger partial charge in [0.25, 0.3) is 5.56 Å². The number of carbonyl (C=O) groups excluding carboxylic acids is 1. The summed E-state index contributed by atoms with van der Waals surface area (Å²) in [5.41, 5.74) is -0.577. The van der Waals surface area contributed by atoms with Gasteiger partial charge in [-0.25, -0.2) is 9.78 Å². The van der Waals surface area contributed by atoms with E-state index in [0.29, 0.717) is 23.7 Å². The van der Waals surface area contributed by atoms with E-state index in [1.807, 2.05) is 0 Å². The summed E-state index contributed by atoms with van der Waals surface area (Å²) in [6, 6.07) is 0.146. The number of rotatable bonds is 7. The van der Waals surface area contributed by atoms with Crippen molar-refractivity contribution in [2.45, 2.75) is 44.7 Å². The molecule has 0 atom stereocenters. The predicted octanol–water partition coefficient (Wildman–Crippen LogP) is 1.40. The maximum absolute atomic E-state index is 12.9. The molecule has 0 saturated heterocycles. The van der Waals surface area contributed by atoms with Crippen molar-refractivity contribution >= 4 is 33.4 Å². The van der Waals surface area contributed by atoms with Gasteiger partial charge in [-0.1, -0.05) is 12.8 Å². The number of amides is 1. The van der Waals surface area contributed by atoms with Gasteiger partial charge in [-0.3, -0.25) is 14.2 Å². The number of aromatic nitrogens is 2. The van der Waals surface area contributed by atoms with Crippen LogP contribution in [0.3, 0.4) is 0 Å². The maximum atomic E-state index is 12.9. The van der Waals surface area contributed by atoms with Gasteiger partial charge in [-0.2, -0.15) is 0 Å². The molecule has 2 N–H and O–H groups in total. The Labute approximate surface area is 153 Å². The van der Waals surface area contributed by atoms with Crippen LogP contribution in [0.2, 0.25) is 0 Å². The molecule has 0 bridgehead atoms. The first kappa shape index (κ1) is 18.5. The van der Waals surface area contributed by atoms with E-state index in [-0.39, 0.29) is 29.4 Å². The summed E-state index contributed by atoms with van der Waals surface area (Å²) in [7, 11) is 1.54. The third-order valence-corrected chi connectivity index (χ3v) is 5.43. The standard InChI is InChI=1S/C17H21N3O5S/c1-25-7-6-12-19-15-14(11(9-26-15)17(23)24)16(22)20(12)8-13(21)18-10-4-2-3-5-10/h9-10H,2-8H2,1H3,(H,18,21)(H,23,24). The molecule has 1 amide bonds. The molecule has 1 aliphatic carbocycles. The smallest absolute Gasteiger partial charge is 0.337 e. The number of hydrogen-bond donors (Lipinski definition) is 2. The molecule has 2 aromatic heterocycles. The van der Waals surface area contributed by atoms with Crippen molar-refractivity contribution in [2.24, 2.45) is 0 Å². The highest BCUT2D eigenvalue weighted by atomic mass is 32.1. The molecule has 2 heterocycles. The van der Waals surface area contributed by atoms with Crippen LogP contribution in [0.4, 0.5) is 0 Å². The summed E-state index contributed by atoms with van der Waals surface area (Å²) in [5.74, 6) is -1.02. The number of carboxylic acid groups (broad SMARTS) is 1. The SMILES string of the molecule is COCCc1nc2scc(C(=O)O)c2c(=O)n1CC(=O)NC1CCCC1. The zero-order valence-electron chi connectivity index (χ0n) is 14.5. The van der Waals surface area contributed by atoms with E-state index < -0.39 is 11.5 Å². The second-order valence-corrected chi connectivity index (χ2v) is 7.20. The number of methoxy groups -OCH3 is 1. The molecule has 2 aromatic rings. The predicted molar refractivity (Wildman–Crippen MR) is 96.8 cm³/mol. The Hall–Kier alpha value is -2.26. The molecule has 8 nitrogen and oxygen atoms in total. The van der Waals surface area contributed by atoms with Gasteiger partial charge >= 0.3 is 5.97 Å². The van der Waals surface area contributed by atoms with E-state index in [1.165, 1.54) is 9.95 Å². The largest absolute Gasteiger partial charge is 0.478 e. The number of aromatic carboxylic acids is 1. The molecule has 0 aromatic carbocycles. The van der Waals surface area contributed by atoms with Gasteiger partial charge in [0.2, 0.25) is 5.91 Å². The van der Waals surface area contributed by atoms with Gasteiger partial charge in [0.1, 0.15) is 17.2 Å². The van der Waals surface area contributed by atoms with Gasteiger partial charge in [0.05, 0.1) is 17.6 Å². The van der Waals surface area contributed by atoms with E-state index in [2.05, 4.69) is 10.3 Å². The molecule has 1 saturated carbocycles. The highest BCUT2D eigenvalue weighted by molar-refractivity contribution is 7.17. The van der Waals surface area contributed by atoms with Crippen molar-refractivity contribution in [2.75, 3.05) is 13.7 Å². The Balaban J connectivity index is 1.97. The van der Waals surface area contributed by atoms with Crippen molar-refractivity contribution in [1.82, 2.24) is 14.9 Å². The summed E-state index contributed by atoms with van der Waals surface area (Å²) < 4.78 is 6.33. The number of ether oxygens (including phenoxy) is 1. The van der Waals surface area contributed by atoms with Crippen molar-refractivity contribution in [3.63, 3.8) is 0 Å². The van der Waals surface area contributed by atoms with Crippen LogP contribution in [-0.4, -0.2) is 46.3 Å². The van der Waals surface area contributed by atoms with Crippen LogP contribution in [0.5, 0.6) is 0 Å². The lowest BCUT2D eigenvalue weighted by molar-refractivity contribution is -0.122. The van der Waals surface area contributed by atoms with Gasteiger partial charge in [-0.05, 0) is 12.8 Å². The topological polar surface area (TPSA) is 111 Å². The quantitative estimate of drug-likeness (QED) is 0.752. The fourth-order valence-corrected chi connectivity index (χ4v) is 4.18. The van der Waals surface area contributed by atoms with Crippen molar-refractivity contribution in [1.29, 1.82) is 0 Å². The number of carboxylic acids is 1. The number of fused-ring (bicyclic) bond motifs is 1. The average Bonchev–Trinajstić information content (AvgIpc) is 3.25. The molecule has 1 aliphatic rings. The van der Waals surface area contributed by atoms with Crippen molar-refractivity contribution in [3.05, 3.63) is 27.1 Å². The molecule has 140 valence electrons. The Morgan fingerprint density at radius 3 is 2.81 bits per heavy atom. The first-order valence-corrected chi connectivity index (χ1v) is 9.41. The van der Waals surface area contributed by atoms with Crippen LogP contribution in [0.1, 0.15) is 41.9 Å². The Bertz CT molecular complexity index is 882. The Morgan fingerprint density at radius 2 is 2.15 bits per heavy atom. The minimum atomic E-state index is -1.18. The lowest BCUT2D eigenvalue weighted by Crippen LogP contribution is -2.39. The molecule has 3 rings (SSSR count). The molecule has 0 spiro atoms. The van der Waals surface area contributed by atoms with E-state index in [9.17, 15) is 19.5 Å². The lowest BCUT2D eigenvalue weighted by atomic mass is 10.2. The number of nitrogens with zero attached hydrogens (tertiary/aromatic N) is 2. The van der Waals surface area contributed by atoms with Gasteiger partial charge in [0, 0.05) is 25.0 Å². The zero-order valence-corrected chi connectivity index (χ0v) is 15.3. The van der Waals surface area contributed by atoms with Crippen molar-refractivity contribution in [3.8, 4) is 0 Å². The Kier molecular flexibility index (Phi) is 5.67. The molecule has 0 aliphatic heterocycles. The number of nitrogens with one attached hydrogen (secondary N) is 1. The minimum Gasteiger partial charge on any atom is -0.478 e. The van der Waals surface area contributed by atoms with Gasteiger partial charge < -0.3 is 15.2 Å². The second kappa shape index (κ2) is 7.96. The van der Waals surface area contributed by atoms with Crippen LogP contribution < -0.4 is 10.9 Å². The second-order valence-electron chi connectivity index (χ2n) is 6.35. The zero-order chi connectivity index (χ0) is 18.7. The maximum Gasteiger partial charge on any atom is 0.337 e. The normalized spacial score (nSPS) is 14.8. The van der Waals surface area contributed by atoms with Crippen molar-refractivity contribution < 1.29 is 19.4 Å². The Morgan fingerprint density at radius 1 is 1.42 bits per heavy atom. The molecule has 1 fully saturated rings. The van der Waals surface area contributed by atoms with E-state index in [0.717, 1.165) is 37.0 Å². The lowest BCUT2D eigenvalue weighted by Gasteiger charge is -2.15. The monoisotopic (exact) mass is 379 g/mol. The van der Waals surface area contributed by atoms with E-state index in [1.54, 1.807) is 7.11 Å². The van der Waals surface area contributed by atoms with Crippen LogP contribution in [-0.2, 0) is 22.5 Å². The number of thiophene rings is 1. The highest BCUT2D eigenvalue weighted by Gasteiger charge is 2.22. The summed E-state index contributed by atoms with van der Waals surface area (Å²) in [6.45, 7) is 0.172. The molecule has 9 heteroatoms. The highest BCUT2D eigenvalue weighted by Crippen LogP contribution is 2.22. The first-order valence-electron chi connectivity index (χ1n) is 8.53. The average molecular weight is 379 g/mol. The summed E-state index contributed by atoms with van der Waals surface area (Å²) in [6.07, 6.45) is 4.44. The van der Waals surface area contributed by atoms with Gasteiger partial charge in [0.15, 0.2) is 0 Å². The fraction of sp³-hybridized carbons (Fsp3) is 0.529. The number of carbonyl (C=O) groups is 2. The minimum absolute atomic E-state index is 0.0531. The van der Waals surface area contributed by atoms with E-state index in [4.69, 9.17) is 4.74 Å². The molecule has 0 radical (unpaired) electrons. The third kappa shape index (κ3) is 3.78. The number of hydrogen-bond acceptors (Lipinski definition) is 6. The van der Waals surface area contributed by atoms with Crippen LogP contribution in [0, 0.1) is 0 Å². The fourth-order valence-electron chi connectivity index (χ4n) is 3.26. The molecular weight excluding hydrogens is 358 g/mol. The molecular formula is C17H21N3O5S. The van der Waals surface area contributed by atoms with Crippen LogP contribution in [0.15, 0.2) is 10.2 Å². The van der Waals surface area contributed by atoms with Gasteiger partial charge in [-0.15, -0.1) is 11.3 Å². The van der Waals surface area contributed by atoms with E-state index >= 15 is 0 Å².